The van der Waals surface area contributed by atoms with Crippen LogP contribution in [-0.2, 0) is 4.79 Å². The lowest BCUT2D eigenvalue weighted by Crippen LogP contribution is -2.27. The van der Waals surface area contributed by atoms with Gasteiger partial charge in [0.15, 0.2) is 0 Å². The highest BCUT2D eigenvalue weighted by atomic mass is 35.5. The molecule has 2 rings (SSSR count). The van der Waals surface area contributed by atoms with E-state index in [4.69, 9.17) is 16.3 Å². The molecule has 1 unspecified atom stereocenters. The number of rotatable bonds is 0. The third-order valence-electron chi connectivity index (χ3n) is 2.45. The van der Waals surface area contributed by atoms with Crippen molar-refractivity contribution in [2.24, 2.45) is 0 Å². The number of halogens is 1. The third kappa shape index (κ3) is 1.92. The Bertz CT molecular complexity index is 406. The van der Waals surface area contributed by atoms with Gasteiger partial charge >= 0.3 is 0 Å². The predicted octanol–water partition coefficient (Wildman–Crippen LogP) is 2.47. The quantitative estimate of drug-likeness (QED) is 0.679. The van der Waals surface area contributed by atoms with Crippen molar-refractivity contribution in [2.45, 2.75) is 19.4 Å². The average Bonchev–Trinajstić information content (AvgIpc) is 2.27. The fourth-order valence-electron chi connectivity index (χ4n) is 1.63. The van der Waals surface area contributed by atoms with Crippen molar-refractivity contribution in [1.29, 1.82) is 0 Å². The van der Waals surface area contributed by atoms with Crippen LogP contribution in [0.5, 0.6) is 5.75 Å². The van der Waals surface area contributed by atoms with Crippen LogP contribution in [0.4, 0.5) is 5.69 Å². The monoisotopic (exact) mass is 225 g/mol. The molecule has 1 atom stereocenters. The molecule has 0 radical (unpaired) electrons. The summed E-state index contributed by atoms with van der Waals surface area (Å²) in [6.45, 7) is 1.88. The van der Waals surface area contributed by atoms with Crippen LogP contribution in [0.25, 0.3) is 0 Å². The number of carbonyl (C=O) groups excluding carboxylic acids is 1. The van der Waals surface area contributed by atoms with E-state index in [-0.39, 0.29) is 12.0 Å². The smallest absolute Gasteiger partial charge is 0.230 e. The largest absolute Gasteiger partial charge is 0.488 e. The number of amides is 1. The molecule has 1 heterocycles. The van der Waals surface area contributed by atoms with Gasteiger partial charge in [-0.3, -0.25) is 4.79 Å². The summed E-state index contributed by atoms with van der Waals surface area (Å²) in [4.78, 5) is 13.3. The lowest BCUT2D eigenvalue weighted by molar-refractivity contribution is -0.119. The second-order valence-corrected chi connectivity index (χ2v) is 4.13. The van der Waals surface area contributed by atoms with Crippen LogP contribution in [0.2, 0.25) is 5.02 Å². The molecule has 0 bridgehead atoms. The summed E-state index contributed by atoms with van der Waals surface area (Å²) in [5.74, 6) is 0.753. The molecule has 0 aliphatic carbocycles. The van der Waals surface area contributed by atoms with Crippen LogP contribution in [0, 0.1) is 0 Å². The van der Waals surface area contributed by atoms with Crippen molar-refractivity contribution in [1.82, 2.24) is 0 Å². The highest BCUT2D eigenvalue weighted by Gasteiger charge is 2.24. The molecule has 0 N–H and O–H groups in total. The van der Waals surface area contributed by atoms with E-state index in [1.165, 1.54) is 0 Å². The fraction of sp³-hybridized carbons (Fsp3) is 0.364. The van der Waals surface area contributed by atoms with Crippen molar-refractivity contribution >= 4 is 23.2 Å². The topological polar surface area (TPSA) is 29.5 Å². The second-order valence-electron chi connectivity index (χ2n) is 3.70. The molecule has 1 aromatic carbocycles. The molecule has 0 spiro atoms. The van der Waals surface area contributed by atoms with E-state index >= 15 is 0 Å². The van der Waals surface area contributed by atoms with Crippen LogP contribution >= 0.6 is 11.6 Å². The standard InChI is InChI=1S/C11H12ClNO2/c1-7-5-11(14)13(2)9-6-8(12)3-4-10(9)15-7/h3-4,6-7H,5H2,1-2H3. The van der Waals surface area contributed by atoms with Gasteiger partial charge in [-0.1, -0.05) is 11.6 Å². The Balaban J connectivity index is 2.50. The Labute approximate surface area is 93.6 Å². The summed E-state index contributed by atoms with van der Waals surface area (Å²) in [6, 6.07) is 5.30. The van der Waals surface area contributed by atoms with Gasteiger partial charge in [0.2, 0.25) is 5.91 Å². The van der Waals surface area contributed by atoms with Gasteiger partial charge in [-0.15, -0.1) is 0 Å². The number of hydrogen-bond donors (Lipinski definition) is 0. The lowest BCUT2D eigenvalue weighted by atomic mass is 10.2. The number of fused-ring (bicyclic) bond motifs is 1. The molecule has 4 heteroatoms. The Morgan fingerprint density at radius 2 is 2.27 bits per heavy atom. The van der Waals surface area contributed by atoms with Gasteiger partial charge in [-0.2, -0.15) is 0 Å². The maximum atomic E-state index is 11.7. The molecule has 3 nitrogen and oxygen atoms in total. The molecule has 15 heavy (non-hydrogen) atoms. The highest BCUT2D eigenvalue weighted by molar-refractivity contribution is 6.31. The maximum Gasteiger partial charge on any atom is 0.230 e. The summed E-state index contributed by atoms with van der Waals surface area (Å²) in [7, 11) is 1.74. The third-order valence-corrected chi connectivity index (χ3v) is 2.68. The summed E-state index contributed by atoms with van der Waals surface area (Å²) >= 11 is 5.89. The summed E-state index contributed by atoms with van der Waals surface area (Å²) in [5.41, 5.74) is 0.733. The molecule has 1 aliphatic heterocycles. The normalized spacial score (nSPS) is 20.6. The van der Waals surface area contributed by atoms with E-state index in [1.54, 1.807) is 30.1 Å². The SMILES string of the molecule is CC1CC(=O)N(C)c2cc(Cl)ccc2O1. The van der Waals surface area contributed by atoms with Crippen LogP contribution < -0.4 is 9.64 Å². The summed E-state index contributed by atoms with van der Waals surface area (Å²) in [5, 5.41) is 0.603. The maximum absolute atomic E-state index is 11.7. The first kappa shape index (κ1) is 10.3. The van der Waals surface area contributed by atoms with Crippen molar-refractivity contribution in [3.8, 4) is 5.75 Å². The van der Waals surface area contributed by atoms with E-state index in [0.29, 0.717) is 17.2 Å². The first-order chi connectivity index (χ1) is 7.08. The molecule has 0 saturated heterocycles. The Morgan fingerprint density at radius 1 is 1.53 bits per heavy atom. The highest BCUT2D eigenvalue weighted by Crippen LogP contribution is 2.34. The van der Waals surface area contributed by atoms with E-state index in [2.05, 4.69) is 0 Å². The van der Waals surface area contributed by atoms with Gasteiger partial charge in [-0.05, 0) is 25.1 Å². The van der Waals surface area contributed by atoms with Crippen LogP contribution in [-0.4, -0.2) is 19.1 Å². The molecule has 0 saturated carbocycles. The van der Waals surface area contributed by atoms with E-state index < -0.39 is 0 Å². The van der Waals surface area contributed by atoms with Gasteiger partial charge < -0.3 is 9.64 Å². The van der Waals surface area contributed by atoms with Crippen LogP contribution in [0.15, 0.2) is 18.2 Å². The van der Waals surface area contributed by atoms with E-state index in [1.807, 2.05) is 6.92 Å². The van der Waals surface area contributed by atoms with Crippen LogP contribution in [0.1, 0.15) is 13.3 Å². The number of nitrogens with zero attached hydrogens (tertiary/aromatic N) is 1. The minimum absolute atomic E-state index is 0.0449. The van der Waals surface area contributed by atoms with Gasteiger partial charge in [0, 0.05) is 12.1 Å². The van der Waals surface area contributed by atoms with E-state index in [0.717, 1.165) is 5.69 Å². The average molecular weight is 226 g/mol. The van der Waals surface area contributed by atoms with Gasteiger partial charge in [0.25, 0.3) is 0 Å². The summed E-state index contributed by atoms with van der Waals surface area (Å²) < 4.78 is 5.63. The van der Waals surface area contributed by atoms with Crippen LogP contribution in [0.3, 0.4) is 0 Å². The molecule has 0 aromatic heterocycles. The van der Waals surface area contributed by atoms with Crippen molar-refractivity contribution in [2.75, 3.05) is 11.9 Å². The second kappa shape index (κ2) is 3.74. The molecule has 1 amide bonds. The molecule has 1 aliphatic rings. The minimum Gasteiger partial charge on any atom is -0.488 e. The lowest BCUT2D eigenvalue weighted by Gasteiger charge is -2.16. The minimum atomic E-state index is -0.0950. The Morgan fingerprint density at radius 3 is 3.00 bits per heavy atom. The Hall–Kier alpha value is -1.22. The number of benzene rings is 1. The van der Waals surface area contributed by atoms with E-state index in [9.17, 15) is 4.79 Å². The number of ether oxygens (including phenoxy) is 1. The molecule has 1 aromatic rings. The zero-order valence-corrected chi connectivity index (χ0v) is 9.41. The number of anilines is 1. The first-order valence-electron chi connectivity index (χ1n) is 4.80. The van der Waals surface area contributed by atoms with Gasteiger partial charge in [0.05, 0.1) is 12.1 Å². The molecular weight excluding hydrogens is 214 g/mol. The molecule has 0 fully saturated rings. The zero-order chi connectivity index (χ0) is 11.0. The first-order valence-corrected chi connectivity index (χ1v) is 5.18. The van der Waals surface area contributed by atoms with Gasteiger partial charge in [-0.25, -0.2) is 0 Å². The fourth-order valence-corrected chi connectivity index (χ4v) is 1.79. The number of hydrogen-bond acceptors (Lipinski definition) is 2. The number of carbonyl (C=O) groups is 1. The predicted molar refractivity (Wildman–Crippen MR) is 59.6 cm³/mol. The van der Waals surface area contributed by atoms with Crippen molar-refractivity contribution < 1.29 is 9.53 Å². The zero-order valence-electron chi connectivity index (χ0n) is 8.66. The van der Waals surface area contributed by atoms with Crippen molar-refractivity contribution in [3.63, 3.8) is 0 Å². The molecule has 80 valence electrons. The Kier molecular flexibility index (Phi) is 2.57. The summed E-state index contributed by atoms with van der Waals surface area (Å²) in [6.07, 6.45) is 0.297. The van der Waals surface area contributed by atoms with Gasteiger partial charge in [0.1, 0.15) is 11.9 Å². The molecular formula is C11H12ClNO2. The van der Waals surface area contributed by atoms with Crippen molar-refractivity contribution in [3.05, 3.63) is 23.2 Å².